The minimum Gasteiger partial charge on any atom is -0.476 e. The van der Waals surface area contributed by atoms with Gasteiger partial charge in [0.1, 0.15) is 0 Å². The standard InChI is InChI=1S/C12H18N4O4/c17-11(18)10-7-16(8-15-10)4-3-13-12(19)14-6-9-2-1-5-20-9/h7-9H,1-6H2,(H,17,18)(H2,13,14,19). The molecule has 2 amide bonds. The molecule has 1 aliphatic rings. The van der Waals surface area contributed by atoms with E-state index in [1.165, 1.54) is 12.5 Å². The molecule has 0 bridgehead atoms. The molecule has 110 valence electrons. The number of nitrogens with zero attached hydrogens (tertiary/aromatic N) is 2. The number of urea groups is 1. The quantitative estimate of drug-likeness (QED) is 0.684. The van der Waals surface area contributed by atoms with Gasteiger partial charge in [-0.2, -0.15) is 0 Å². The zero-order valence-electron chi connectivity index (χ0n) is 11.0. The van der Waals surface area contributed by atoms with Crippen LogP contribution in [-0.4, -0.2) is 52.5 Å². The highest BCUT2D eigenvalue weighted by Gasteiger charge is 2.15. The van der Waals surface area contributed by atoms with Gasteiger partial charge in [-0.3, -0.25) is 0 Å². The Kier molecular flexibility index (Phi) is 4.94. The summed E-state index contributed by atoms with van der Waals surface area (Å²) < 4.78 is 7.01. The van der Waals surface area contributed by atoms with Gasteiger partial charge in [0.05, 0.1) is 12.4 Å². The van der Waals surface area contributed by atoms with Crippen LogP contribution < -0.4 is 10.6 Å². The van der Waals surface area contributed by atoms with Gasteiger partial charge in [0, 0.05) is 32.4 Å². The fourth-order valence-corrected chi connectivity index (χ4v) is 1.97. The summed E-state index contributed by atoms with van der Waals surface area (Å²) in [6.45, 7) is 2.14. The van der Waals surface area contributed by atoms with Crippen molar-refractivity contribution >= 4 is 12.0 Å². The van der Waals surface area contributed by atoms with E-state index in [9.17, 15) is 9.59 Å². The molecule has 1 atom stereocenters. The molecule has 1 aromatic rings. The summed E-state index contributed by atoms with van der Waals surface area (Å²) in [6, 6.07) is -0.251. The second-order valence-electron chi connectivity index (χ2n) is 4.57. The maximum Gasteiger partial charge on any atom is 0.356 e. The van der Waals surface area contributed by atoms with Gasteiger partial charge in [-0.15, -0.1) is 0 Å². The summed E-state index contributed by atoms with van der Waals surface area (Å²) in [7, 11) is 0. The van der Waals surface area contributed by atoms with Crippen molar-refractivity contribution < 1.29 is 19.4 Å². The van der Waals surface area contributed by atoms with E-state index >= 15 is 0 Å². The average molecular weight is 282 g/mol. The Labute approximate surface area is 116 Å². The van der Waals surface area contributed by atoms with Crippen LogP contribution in [0.5, 0.6) is 0 Å². The van der Waals surface area contributed by atoms with Gasteiger partial charge in [-0.25, -0.2) is 14.6 Å². The highest BCUT2D eigenvalue weighted by molar-refractivity contribution is 5.84. The molecule has 1 fully saturated rings. The van der Waals surface area contributed by atoms with E-state index < -0.39 is 5.97 Å². The number of aromatic carboxylic acids is 1. The molecule has 2 heterocycles. The number of carbonyl (C=O) groups is 2. The minimum atomic E-state index is -1.06. The number of hydrogen-bond acceptors (Lipinski definition) is 4. The van der Waals surface area contributed by atoms with Crippen LogP contribution in [0.15, 0.2) is 12.5 Å². The second kappa shape index (κ2) is 6.90. The van der Waals surface area contributed by atoms with Gasteiger partial charge in [0.25, 0.3) is 0 Å². The number of amides is 2. The Morgan fingerprint density at radius 3 is 3.00 bits per heavy atom. The predicted octanol–water partition coefficient (Wildman–Crippen LogP) is 0.0595. The van der Waals surface area contributed by atoms with Crippen molar-refractivity contribution in [2.75, 3.05) is 19.7 Å². The van der Waals surface area contributed by atoms with Crippen LogP contribution in [0.3, 0.4) is 0 Å². The molecule has 0 aliphatic carbocycles. The van der Waals surface area contributed by atoms with Crippen LogP contribution in [0.25, 0.3) is 0 Å². The summed E-state index contributed by atoms with van der Waals surface area (Å²) in [5.41, 5.74) is -0.00664. The van der Waals surface area contributed by atoms with E-state index in [0.29, 0.717) is 19.6 Å². The largest absolute Gasteiger partial charge is 0.476 e. The fourth-order valence-electron chi connectivity index (χ4n) is 1.97. The van der Waals surface area contributed by atoms with E-state index in [2.05, 4.69) is 15.6 Å². The Balaban J connectivity index is 1.61. The minimum absolute atomic E-state index is 0.00664. The third kappa shape index (κ3) is 4.23. The molecule has 1 aliphatic heterocycles. The third-order valence-corrected chi connectivity index (χ3v) is 3.02. The van der Waals surface area contributed by atoms with Crippen LogP contribution in [0.2, 0.25) is 0 Å². The van der Waals surface area contributed by atoms with Gasteiger partial charge in [-0.1, -0.05) is 0 Å². The molecule has 8 nitrogen and oxygen atoms in total. The topological polar surface area (TPSA) is 105 Å². The molecule has 0 spiro atoms. The van der Waals surface area contributed by atoms with Crippen LogP contribution in [0.4, 0.5) is 4.79 Å². The highest BCUT2D eigenvalue weighted by atomic mass is 16.5. The van der Waals surface area contributed by atoms with E-state index in [1.807, 2.05) is 0 Å². The zero-order valence-corrected chi connectivity index (χ0v) is 11.0. The van der Waals surface area contributed by atoms with Gasteiger partial charge in [0.2, 0.25) is 0 Å². The molecular formula is C12H18N4O4. The number of aromatic nitrogens is 2. The first-order valence-electron chi connectivity index (χ1n) is 6.53. The second-order valence-corrected chi connectivity index (χ2v) is 4.57. The number of hydrogen-bond donors (Lipinski definition) is 3. The van der Waals surface area contributed by atoms with Crippen LogP contribution >= 0.6 is 0 Å². The zero-order chi connectivity index (χ0) is 14.4. The van der Waals surface area contributed by atoms with Gasteiger partial charge in [-0.05, 0) is 12.8 Å². The summed E-state index contributed by atoms with van der Waals surface area (Å²) in [5.74, 6) is -1.06. The van der Waals surface area contributed by atoms with Crippen molar-refractivity contribution in [3.05, 3.63) is 18.2 Å². The van der Waals surface area contributed by atoms with E-state index in [0.717, 1.165) is 19.4 Å². The van der Waals surface area contributed by atoms with Crippen molar-refractivity contribution in [1.29, 1.82) is 0 Å². The summed E-state index contributed by atoms with van der Waals surface area (Å²) >= 11 is 0. The first-order chi connectivity index (χ1) is 9.65. The van der Waals surface area contributed by atoms with Crippen molar-refractivity contribution in [3.63, 3.8) is 0 Å². The lowest BCUT2D eigenvalue weighted by molar-refractivity contribution is 0.0691. The molecule has 20 heavy (non-hydrogen) atoms. The lowest BCUT2D eigenvalue weighted by atomic mass is 10.2. The average Bonchev–Trinajstić information content (AvgIpc) is 3.07. The van der Waals surface area contributed by atoms with Crippen molar-refractivity contribution in [2.45, 2.75) is 25.5 Å². The molecule has 0 radical (unpaired) electrons. The predicted molar refractivity (Wildman–Crippen MR) is 69.6 cm³/mol. The molecule has 1 saturated heterocycles. The Morgan fingerprint density at radius 1 is 1.50 bits per heavy atom. The van der Waals surface area contributed by atoms with E-state index in [-0.39, 0.29) is 17.8 Å². The van der Waals surface area contributed by atoms with Gasteiger partial charge >= 0.3 is 12.0 Å². The van der Waals surface area contributed by atoms with Crippen LogP contribution in [0.1, 0.15) is 23.3 Å². The third-order valence-electron chi connectivity index (χ3n) is 3.02. The van der Waals surface area contributed by atoms with E-state index in [1.54, 1.807) is 4.57 Å². The number of carboxylic acid groups (broad SMARTS) is 1. The van der Waals surface area contributed by atoms with Crippen molar-refractivity contribution in [1.82, 2.24) is 20.2 Å². The van der Waals surface area contributed by atoms with Gasteiger partial charge in [0.15, 0.2) is 5.69 Å². The molecule has 0 aromatic carbocycles. The fraction of sp³-hybridized carbons (Fsp3) is 0.583. The SMILES string of the molecule is O=C(NCCn1cnc(C(=O)O)c1)NCC1CCCO1. The first-order valence-corrected chi connectivity index (χ1v) is 6.53. The normalized spacial score (nSPS) is 17.9. The number of ether oxygens (including phenoxy) is 1. The molecule has 0 saturated carbocycles. The maximum atomic E-state index is 11.5. The monoisotopic (exact) mass is 282 g/mol. The van der Waals surface area contributed by atoms with Crippen molar-refractivity contribution in [3.8, 4) is 0 Å². The van der Waals surface area contributed by atoms with Gasteiger partial charge < -0.3 is 25.0 Å². The van der Waals surface area contributed by atoms with Crippen molar-refractivity contribution in [2.24, 2.45) is 0 Å². The summed E-state index contributed by atoms with van der Waals surface area (Å²) in [5, 5.41) is 14.2. The van der Waals surface area contributed by atoms with Crippen LogP contribution in [-0.2, 0) is 11.3 Å². The summed E-state index contributed by atoms with van der Waals surface area (Å²) in [4.78, 5) is 25.9. The van der Waals surface area contributed by atoms with Crippen LogP contribution in [0, 0.1) is 0 Å². The number of rotatable bonds is 6. The highest BCUT2D eigenvalue weighted by Crippen LogP contribution is 2.10. The van der Waals surface area contributed by atoms with E-state index in [4.69, 9.17) is 9.84 Å². The Bertz CT molecular complexity index is 468. The molecule has 2 rings (SSSR count). The molecule has 3 N–H and O–H groups in total. The number of carboxylic acids is 1. The smallest absolute Gasteiger partial charge is 0.356 e. The maximum absolute atomic E-state index is 11.5. The lowest BCUT2D eigenvalue weighted by Crippen LogP contribution is -2.40. The number of imidazole rings is 1. The Morgan fingerprint density at radius 2 is 2.35 bits per heavy atom. The molecule has 1 aromatic heterocycles. The summed E-state index contributed by atoms with van der Waals surface area (Å²) in [6.07, 6.45) is 4.99. The number of carbonyl (C=O) groups excluding carboxylic acids is 1. The molecule has 8 heteroatoms. The molecular weight excluding hydrogens is 264 g/mol. The lowest BCUT2D eigenvalue weighted by Gasteiger charge is -2.11. The molecule has 1 unspecified atom stereocenters. The Hall–Kier alpha value is -2.09. The first kappa shape index (κ1) is 14.3. The number of nitrogens with one attached hydrogen (secondary N) is 2.